The van der Waals surface area contributed by atoms with Gasteiger partial charge in [-0.1, -0.05) is 32.0 Å². The van der Waals surface area contributed by atoms with Crippen molar-refractivity contribution in [3.05, 3.63) is 59.5 Å². The molecule has 3 N–H and O–H groups in total. The van der Waals surface area contributed by atoms with Crippen LogP contribution < -0.4 is 10.6 Å². The summed E-state index contributed by atoms with van der Waals surface area (Å²) in [5, 5.41) is 9.56. The third-order valence-corrected chi connectivity index (χ3v) is 3.93. The molecule has 0 saturated heterocycles. The molecule has 0 atom stereocenters. The van der Waals surface area contributed by atoms with Crippen molar-refractivity contribution >= 4 is 11.9 Å². The van der Waals surface area contributed by atoms with E-state index < -0.39 is 11.5 Å². The Morgan fingerprint density at radius 1 is 1.25 bits per heavy atom. The van der Waals surface area contributed by atoms with Gasteiger partial charge in [0.25, 0.3) is 0 Å². The van der Waals surface area contributed by atoms with Gasteiger partial charge in [0.2, 0.25) is 0 Å². The summed E-state index contributed by atoms with van der Waals surface area (Å²) in [6.07, 6.45) is 1.26. The number of aromatic nitrogens is 1. The minimum Gasteiger partial charge on any atom is -0.465 e. The van der Waals surface area contributed by atoms with Gasteiger partial charge in [-0.15, -0.1) is 0 Å². The van der Waals surface area contributed by atoms with E-state index in [-0.39, 0.29) is 12.4 Å². The molecule has 0 aliphatic carbocycles. The van der Waals surface area contributed by atoms with Crippen molar-refractivity contribution in [1.82, 2.24) is 4.98 Å². The first-order valence-electron chi connectivity index (χ1n) is 7.75. The summed E-state index contributed by atoms with van der Waals surface area (Å²) in [6.45, 7) is 4.55. The number of amides is 1. The van der Waals surface area contributed by atoms with Gasteiger partial charge in [-0.25, -0.2) is 14.2 Å². The molecule has 0 saturated carbocycles. The summed E-state index contributed by atoms with van der Waals surface area (Å²) in [5.74, 6) is 0.0419. The summed E-state index contributed by atoms with van der Waals surface area (Å²) >= 11 is 0. The van der Waals surface area contributed by atoms with Gasteiger partial charge in [0.05, 0.1) is 0 Å². The lowest BCUT2D eigenvalue weighted by Gasteiger charge is -2.31. The van der Waals surface area contributed by atoms with Crippen molar-refractivity contribution < 1.29 is 14.3 Å². The third kappa shape index (κ3) is 4.29. The summed E-state index contributed by atoms with van der Waals surface area (Å²) < 4.78 is 13.1. The fourth-order valence-corrected chi connectivity index (χ4v) is 2.53. The molecule has 1 aromatic heterocycles. The van der Waals surface area contributed by atoms with Gasteiger partial charge in [-0.05, 0) is 42.3 Å². The van der Waals surface area contributed by atoms with Crippen LogP contribution >= 0.6 is 0 Å². The molecule has 0 fully saturated rings. The SMILES string of the molecule is CC(C)(CN(C(=O)O)c1ccc(CCN)cn1)c1ccc(F)cc1. The van der Waals surface area contributed by atoms with Crippen LogP contribution in [-0.4, -0.2) is 29.3 Å². The average molecular weight is 331 g/mol. The highest BCUT2D eigenvalue weighted by Gasteiger charge is 2.28. The van der Waals surface area contributed by atoms with Gasteiger partial charge in [-0.3, -0.25) is 4.90 Å². The van der Waals surface area contributed by atoms with Gasteiger partial charge in [-0.2, -0.15) is 0 Å². The van der Waals surface area contributed by atoms with E-state index in [1.165, 1.54) is 17.0 Å². The molecule has 0 radical (unpaired) electrons. The van der Waals surface area contributed by atoms with E-state index in [2.05, 4.69) is 4.98 Å². The third-order valence-electron chi connectivity index (χ3n) is 3.93. The average Bonchev–Trinajstić information content (AvgIpc) is 2.54. The number of nitrogens with zero attached hydrogens (tertiary/aromatic N) is 2. The van der Waals surface area contributed by atoms with E-state index in [0.29, 0.717) is 18.8 Å². The number of benzene rings is 1. The van der Waals surface area contributed by atoms with Gasteiger partial charge in [0.15, 0.2) is 0 Å². The molecular weight excluding hydrogens is 309 g/mol. The van der Waals surface area contributed by atoms with Crippen LogP contribution in [0.3, 0.4) is 0 Å². The number of nitrogens with two attached hydrogens (primary N) is 1. The Kier molecular flexibility index (Phi) is 5.51. The molecule has 24 heavy (non-hydrogen) atoms. The predicted octanol–water partition coefficient (Wildman–Crippen LogP) is 3.18. The zero-order valence-electron chi connectivity index (χ0n) is 13.9. The maximum absolute atomic E-state index is 13.1. The van der Waals surface area contributed by atoms with Crippen molar-refractivity contribution in [2.75, 3.05) is 18.0 Å². The largest absolute Gasteiger partial charge is 0.465 e. The zero-order chi connectivity index (χ0) is 17.7. The Morgan fingerprint density at radius 3 is 2.42 bits per heavy atom. The van der Waals surface area contributed by atoms with Gasteiger partial charge >= 0.3 is 6.09 Å². The molecule has 0 aliphatic rings. The minimum absolute atomic E-state index is 0.206. The highest BCUT2D eigenvalue weighted by molar-refractivity contribution is 5.84. The van der Waals surface area contributed by atoms with E-state index in [1.807, 2.05) is 19.9 Å². The van der Waals surface area contributed by atoms with Crippen LogP contribution in [0.15, 0.2) is 42.6 Å². The second-order valence-corrected chi connectivity index (χ2v) is 6.32. The Balaban J connectivity index is 2.24. The van der Waals surface area contributed by atoms with Crippen LogP contribution in [0.1, 0.15) is 25.0 Å². The number of carbonyl (C=O) groups is 1. The van der Waals surface area contributed by atoms with Crippen LogP contribution in [0.5, 0.6) is 0 Å². The number of hydrogen-bond acceptors (Lipinski definition) is 3. The Morgan fingerprint density at radius 2 is 1.92 bits per heavy atom. The van der Waals surface area contributed by atoms with Crippen molar-refractivity contribution in [3.8, 4) is 0 Å². The second kappa shape index (κ2) is 7.40. The molecule has 6 heteroatoms. The number of anilines is 1. The lowest BCUT2D eigenvalue weighted by molar-refractivity contribution is 0.200. The molecule has 1 heterocycles. The zero-order valence-corrected chi connectivity index (χ0v) is 13.9. The topological polar surface area (TPSA) is 79.5 Å². The maximum atomic E-state index is 13.1. The van der Waals surface area contributed by atoms with E-state index in [4.69, 9.17) is 5.73 Å². The molecule has 2 rings (SSSR count). The molecule has 2 aromatic rings. The fraction of sp³-hybridized carbons (Fsp3) is 0.333. The summed E-state index contributed by atoms with van der Waals surface area (Å²) in [4.78, 5) is 17.1. The Hall–Kier alpha value is -2.47. The second-order valence-electron chi connectivity index (χ2n) is 6.32. The number of halogens is 1. The highest BCUT2D eigenvalue weighted by atomic mass is 19.1. The number of carboxylic acid groups (broad SMARTS) is 1. The van der Waals surface area contributed by atoms with Gasteiger partial charge in [0, 0.05) is 18.2 Å². The molecule has 5 nitrogen and oxygen atoms in total. The normalized spacial score (nSPS) is 11.3. The smallest absolute Gasteiger partial charge is 0.413 e. The Bertz CT molecular complexity index is 684. The minimum atomic E-state index is -1.08. The van der Waals surface area contributed by atoms with E-state index in [0.717, 1.165) is 11.1 Å². The lowest BCUT2D eigenvalue weighted by Crippen LogP contribution is -2.40. The number of rotatable bonds is 6. The summed E-state index contributed by atoms with van der Waals surface area (Å²) in [5.41, 5.74) is 6.83. The van der Waals surface area contributed by atoms with E-state index in [9.17, 15) is 14.3 Å². The molecule has 1 amide bonds. The van der Waals surface area contributed by atoms with Crippen LogP contribution in [0.4, 0.5) is 15.0 Å². The first-order chi connectivity index (χ1) is 11.3. The summed E-state index contributed by atoms with van der Waals surface area (Å²) in [6, 6.07) is 9.61. The Labute approximate surface area is 140 Å². The molecule has 0 aliphatic heterocycles. The molecule has 1 aromatic carbocycles. The fourth-order valence-electron chi connectivity index (χ4n) is 2.53. The van der Waals surface area contributed by atoms with Crippen LogP contribution in [0, 0.1) is 5.82 Å². The van der Waals surface area contributed by atoms with Crippen molar-refractivity contribution in [3.63, 3.8) is 0 Å². The summed E-state index contributed by atoms with van der Waals surface area (Å²) in [7, 11) is 0. The van der Waals surface area contributed by atoms with Crippen molar-refractivity contribution in [1.29, 1.82) is 0 Å². The predicted molar refractivity (Wildman–Crippen MR) is 91.8 cm³/mol. The van der Waals surface area contributed by atoms with Crippen LogP contribution in [0.25, 0.3) is 0 Å². The van der Waals surface area contributed by atoms with E-state index in [1.54, 1.807) is 24.4 Å². The lowest BCUT2D eigenvalue weighted by atomic mass is 9.84. The number of hydrogen-bond donors (Lipinski definition) is 2. The molecule has 128 valence electrons. The van der Waals surface area contributed by atoms with Gasteiger partial charge < -0.3 is 10.8 Å². The number of pyridine rings is 1. The molecule has 0 bridgehead atoms. The van der Waals surface area contributed by atoms with Gasteiger partial charge in [0.1, 0.15) is 11.6 Å². The molecule has 0 spiro atoms. The van der Waals surface area contributed by atoms with Crippen LogP contribution in [-0.2, 0) is 11.8 Å². The standard InChI is InChI=1S/C18H22FN3O2/c1-18(2,14-4-6-15(19)7-5-14)12-22(17(23)24)16-8-3-13(9-10-20)11-21-16/h3-8,11H,9-10,12,20H2,1-2H3,(H,23,24). The maximum Gasteiger partial charge on any atom is 0.413 e. The first-order valence-corrected chi connectivity index (χ1v) is 7.75. The highest BCUT2D eigenvalue weighted by Crippen LogP contribution is 2.26. The monoisotopic (exact) mass is 331 g/mol. The first kappa shape index (κ1) is 17.9. The van der Waals surface area contributed by atoms with E-state index >= 15 is 0 Å². The van der Waals surface area contributed by atoms with Crippen molar-refractivity contribution in [2.45, 2.75) is 25.7 Å². The van der Waals surface area contributed by atoms with Crippen LogP contribution in [0.2, 0.25) is 0 Å². The molecular formula is C18H22FN3O2. The van der Waals surface area contributed by atoms with Crippen molar-refractivity contribution in [2.24, 2.45) is 5.73 Å². The molecule has 0 unspecified atom stereocenters. The quantitative estimate of drug-likeness (QED) is 0.852.